The number of carbonyl (C=O) groups excluding carboxylic acids is 1. The summed E-state index contributed by atoms with van der Waals surface area (Å²) in [5.74, 6) is 1.25. The van der Waals surface area contributed by atoms with Crippen LogP contribution in [-0.2, 0) is 11.2 Å². The highest BCUT2D eigenvalue weighted by Crippen LogP contribution is 2.42. The molecule has 0 aliphatic carbocycles. The van der Waals surface area contributed by atoms with Crippen molar-refractivity contribution in [3.8, 4) is 11.5 Å². The first-order valence-corrected chi connectivity index (χ1v) is 11.4. The van der Waals surface area contributed by atoms with Gasteiger partial charge in [-0.05, 0) is 53.3 Å². The predicted octanol–water partition coefficient (Wildman–Crippen LogP) is 5.66. The Morgan fingerprint density at radius 1 is 1.16 bits per heavy atom. The third-order valence-electron chi connectivity index (χ3n) is 5.36. The Morgan fingerprint density at radius 3 is 2.65 bits per heavy atom. The Bertz CT molecular complexity index is 1090. The van der Waals surface area contributed by atoms with Crippen LogP contribution in [0, 0.1) is 0 Å². The molecule has 1 aliphatic rings. The van der Waals surface area contributed by atoms with Crippen molar-refractivity contribution in [1.29, 1.82) is 0 Å². The van der Waals surface area contributed by atoms with E-state index in [1.54, 1.807) is 43.8 Å². The van der Waals surface area contributed by atoms with Gasteiger partial charge in [-0.1, -0.05) is 35.3 Å². The van der Waals surface area contributed by atoms with E-state index in [1.165, 1.54) is 10.4 Å². The van der Waals surface area contributed by atoms with Gasteiger partial charge in [0.05, 0.1) is 42.5 Å². The number of hydrogen-bond donors (Lipinski definition) is 1. The number of nitrogens with one attached hydrogen (secondary N) is 1. The van der Waals surface area contributed by atoms with Crippen molar-refractivity contribution in [2.24, 2.45) is 0 Å². The maximum atomic E-state index is 12.9. The molecule has 1 aromatic heterocycles. The van der Waals surface area contributed by atoms with E-state index in [0.717, 1.165) is 18.5 Å². The van der Waals surface area contributed by atoms with Gasteiger partial charge in [0.25, 0.3) is 0 Å². The summed E-state index contributed by atoms with van der Waals surface area (Å²) < 4.78 is 11.0. The number of ether oxygens (including phenoxy) is 2. The molecule has 0 unspecified atom stereocenters. The van der Waals surface area contributed by atoms with Crippen LogP contribution < -0.4 is 14.8 Å². The lowest BCUT2D eigenvalue weighted by atomic mass is 9.91. The van der Waals surface area contributed by atoms with Crippen molar-refractivity contribution in [2.75, 3.05) is 32.6 Å². The summed E-state index contributed by atoms with van der Waals surface area (Å²) >= 11 is 14.0. The van der Waals surface area contributed by atoms with E-state index < -0.39 is 0 Å². The molecule has 4 rings (SSSR count). The monoisotopic (exact) mass is 476 g/mol. The summed E-state index contributed by atoms with van der Waals surface area (Å²) in [5.41, 5.74) is 2.83. The average molecular weight is 477 g/mol. The van der Waals surface area contributed by atoms with Crippen molar-refractivity contribution < 1.29 is 14.3 Å². The van der Waals surface area contributed by atoms with Gasteiger partial charge in [0.1, 0.15) is 0 Å². The molecule has 5 nitrogen and oxygen atoms in total. The van der Waals surface area contributed by atoms with Gasteiger partial charge < -0.3 is 14.8 Å². The molecule has 3 aromatic rings. The third kappa shape index (κ3) is 4.53. The zero-order chi connectivity index (χ0) is 22.0. The molecular weight excluding hydrogens is 455 g/mol. The molecule has 1 amide bonds. The van der Waals surface area contributed by atoms with Gasteiger partial charge in [0, 0.05) is 11.4 Å². The molecule has 0 spiro atoms. The average Bonchev–Trinajstić information content (AvgIpc) is 3.30. The van der Waals surface area contributed by atoms with Gasteiger partial charge in [0.15, 0.2) is 11.5 Å². The summed E-state index contributed by atoms with van der Waals surface area (Å²) in [6, 6.07) is 13.3. The standard InChI is InChI=1S/C23H22Cl2N2O3S/c1-29-18-11-14-8-9-27(13-21(28)26-17-6-3-5-16(24)22(17)25)23(20-7-4-10-31-20)15(14)12-19(18)30-2/h3-7,10-12,23H,8-9,13H2,1-2H3,(H,26,28)/t23-/m1/s1. The molecule has 1 atom stereocenters. The molecule has 2 aromatic carbocycles. The molecule has 0 saturated carbocycles. The summed E-state index contributed by atoms with van der Waals surface area (Å²) in [4.78, 5) is 16.2. The lowest BCUT2D eigenvalue weighted by Gasteiger charge is -2.37. The summed E-state index contributed by atoms with van der Waals surface area (Å²) in [5, 5.41) is 5.69. The number of fused-ring (bicyclic) bond motifs is 1. The number of amides is 1. The first kappa shape index (κ1) is 22.0. The van der Waals surface area contributed by atoms with Crippen LogP contribution >= 0.6 is 34.5 Å². The highest BCUT2D eigenvalue weighted by molar-refractivity contribution is 7.10. The number of halogens is 2. The lowest BCUT2D eigenvalue weighted by Crippen LogP contribution is -2.41. The van der Waals surface area contributed by atoms with E-state index in [1.807, 2.05) is 23.6 Å². The van der Waals surface area contributed by atoms with Gasteiger partial charge in [-0.15, -0.1) is 11.3 Å². The SMILES string of the molecule is COc1cc2c(cc1OC)[C@H](c1cccs1)N(CC(=O)Nc1cccc(Cl)c1Cl)CC2. The van der Waals surface area contributed by atoms with Crippen LogP contribution in [0.5, 0.6) is 11.5 Å². The van der Waals surface area contributed by atoms with Gasteiger partial charge >= 0.3 is 0 Å². The minimum atomic E-state index is -0.144. The lowest BCUT2D eigenvalue weighted by molar-refractivity contribution is -0.117. The second-order valence-corrected chi connectivity index (χ2v) is 8.96. The second kappa shape index (κ2) is 9.49. The normalized spacial score (nSPS) is 15.9. The van der Waals surface area contributed by atoms with Crippen LogP contribution in [0.2, 0.25) is 10.0 Å². The number of anilines is 1. The molecular formula is C23H22Cl2N2O3S. The maximum absolute atomic E-state index is 12.9. The number of hydrogen-bond acceptors (Lipinski definition) is 5. The van der Waals surface area contributed by atoms with Gasteiger partial charge in [-0.2, -0.15) is 0 Å². The van der Waals surface area contributed by atoms with Crippen LogP contribution in [0.25, 0.3) is 0 Å². The molecule has 2 heterocycles. The Kier molecular flexibility index (Phi) is 6.72. The number of thiophene rings is 1. The van der Waals surface area contributed by atoms with Crippen molar-refractivity contribution >= 4 is 46.1 Å². The zero-order valence-corrected chi connectivity index (χ0v) is 19.5. The van der Waals surface area contributed by atoms with E-state index in [9.17, 15) is 4.79 Å². The Hall–Kier alpha value is -2.25. The quantitative estimate of drug-likeness (QED) is 0.498. The molecule has 8 heteroatoms. The highest BCUT2D eigenvalue weighted by Gasteiger charge is 2.32. The first-order chi connectivity index (χ1) is 15.0. The number of methoxy groups -OCH3 is 2. The van der Waals surface area contributed by atoms with Crippen LogP contribution in [0.15, 0.2) is 47.8 Å². The fourth-order valence-corrected chi connectivity index (χ4v) is 5.15. The predicted molar refractivity (Wildman–Crippen MR) is 126 cm³/mol. The number of nitrogens with zero attached hydrogens (tertiary/aromatic N) is 1. The van der Waals surface area contributed by atoms with Crippen LogP contribution in [0.3, 0.4) is 0 Å². The molecule has 162 valence electrons. The highest BCUT2D eigenvalue weighted by atomic mass is 35.5. The van der Waals surface area contributed by atoms with Crippen LogP contribution in [0.1, 0.15) is 22.0 Å². The van der Waals surface area contributed by atoms with Crippen molar-refractivity contribution in [1.82, 2.24) is 4.90 Å². The van der Waals surface area contributed by atoms with E-state index in [2.05, 4.69) is 16.3 Å². The topological polar surface area (TPSA) is 50.8 Å². The minimum Gasteiger partial charge on any atom is -0.493 e. The fourth-order valence-electron chi connectivity index (χ4n) is 3.92. The Morgan fingerprint density at radius 2 is 1.94 bits per heavy atom. The molecule has 1 N–H and O–H groups in total. The second-order valence-electron chi connectivity index (χ2n) is 7.19. The summed E-state index contributed by atoms with van der Waals surface area (Å²) in [6.07, 6.45) is 0.808. The summed E-state index contributed by atoms with van der Waals surface area (Å²) in [7, 11) is 3.27. The van der Waals surface area contributed by atoms with Crippen LogP contribution in [-0.4, -0.2) is 38.1 Å². The largest absolute Gasteiger partial charge is 0.493 e. The molecule has 0 radical (unpaired) electrons. The van der Waals surface area contributed by atoms with Crippen molar-refractivity contribution in [3.05, 3.63) is 73.9 Å². The van der Waals surface area contributed by atoms with Gasteiger partial charge in [-0.25, -0.2) is 0 Å². The van der Waals surface area contributed by atoms with Crippen molar-refractivity contribution in [2.45, 2.75) is 12.5 Å². The van der Waals surface area contributed by atoms with Gasteiger partial charge in [-0.3, -0.25) is 9.69 Å². The maximum Gasteiger partial charge on any atom is 0.238 e. The minimum absolute atomic E-state index is 0.0517. The fraction of sp³-hybridized carbons (Fsp3) is 0.261. The molecule has 0 fully saturated rings. The smallest absolute Gasteiger partial charge is 0.238 e. The van der Waals surface area contributed by atoms with E-state index in [-0.39, 0.29) is 18.5 Å². The summed E-state index contributed by atoms with van der Waals surface area (Å²) in [6.45, 7) is 0.959. The molecule has 1 aliphatic heterocycles. The third-order valence-corrected chi connectivity index (χ3v) is 7.10. The van der Waals surface area contributed by atoms with Crippen molar-refractivity contribution in [3.63, 3.8) is 0 Å². The number of benzene rings is 2. The van der Waals surface area contributed by atoms with E-state index >= 15 is 0 Å². The Balaban J connectivity index is 1.63. The van der Waals surface area contributed by atoms with E-state index in [4.69, 9.17) is 32.7 Å². The molecule has 31 heavy (non-hydrogen) atoms. The first-order valence-electron chi connectivity index (χ1n) is 9.78. The molecule has 0 saturated heterocycles. The molecule has 0 bridgehead atoms. The van der Waals surface area contributed by atoms with Gasteiger partial charge in [0.2, 0.25) is 5.91 Å². The van der Waals surface area contributed by atoms with E-state index in [0.29, 0.717) is 27.2 Å². The number of rotatable bonds is 6. The Labute approximate surface area is 195 Å². The van der Waals surface area contributed by atoms with Crippen LogP contribution in [0.4, 0.5) is 5.69 Å². The number of carbonyl (C=O) groups is 1. The zero-order valence-electron chi connectivity index (χ0n) is 17.2.